The van der Waals surface area contributed by atoms with Crippen molar-refractivity contribution in [2.24, 2.45) is 0 Å². The molecule has 0 aliphatic rings. The zero-order chi connectivity index (χ0) is 13.8. The van der Waals surface area contributed by atoms with Crippen LogP contribution in [0.4, 0.5) is 4.39 Å². The van der Waals surface area contributed by atoms with Crippen molar-refractivity contribution in [1.82, 2.24) is 9.55 Å². The molecular formula is C11H19FN2O3Si. The van der Waals surface area contributed by atoms with Crippen LogP contribution in [-0.4, -0.2) is 29.7 Å². The molecule has 2 atom stereocenters. The van der Waals surface area contributed by atoms with Crippen LogP contribution in [0.15, 0.2) is 21.9 Å². The summed E-state index contributed by atoms with van der Waals surface area (Å²) < 4.78 is 19.8. The summed E-state index contributed by atoms with van der Waals surface area (Å²) in [6, 6.07) is 2.03. The van der Waals surface area contributed by atoms with Crippen molar-refractivity contribution in [2.75, 3.05) is 6.30 Å². The minimum absolute atomic E-state index is 0.0272. The van der Waals surface area contributed by atoms with Gasteiger partial charge in [0.05, 0.1) is 12.0 Å². The van der Waals surface area contributed by atoms with Crippen molar-refractivity contribution in [3.8, 4) is 0 Å². The number of rotatable bonds is 6. The highest BCUT2D eigenvalue weighted by Crippen LogP contribution is 2.17. The van der Waals surface area contributed by atoms with E-state index in [4.69, 9.17) is 4.74 Å². The maximum atomic E-state index is 13.0. The minimum Gasteiger partial charge on any atom is -0.361 e. The predicted octanol–water partition coefficient (Wildman–Crippen LogP) is 1.05. The number of nitrogens with zero attached hydrogens (tertiary/aromatic N) is 1. The summed E-state index contributed by atoms with van der Waals surface area (Å²) in [6.45, 7) is 5.76. The lowest BCUT2D eigenvalue weighted by Gasteiger charge is -2.29. The Labute approximate surface area is 106 Å². The molecule has 1 heterocycles. The highest BCUT2D eigenvalue weighted by Gasteiger charge is 2.33. The van der Waals surface area contributed by atoms with Gasteiger partial charge in [-0.3, -0.25) is 18.7 Å². The summed E-state index contributed by atoms with van der Waals surface area (Å²) in [4.78, 5) is 24.4. The number of nitrogens with one attached hydrogen (secondary N) is 1. The molecule has 1 aromatic heterocycles. The molecule has 0 fully saturated rings. The molecule has 18 heavy (non-hydrogen) atoms. The molecule has 0 aliphatic heterocycles. The Bertz CT molecular complexity index is 496. The Hall–Kier alpha value is -1.21. The van der Waals surface area contributed by atoms with E-state index in [9.17, 15) is 14.0 Å². The maximum absolute atomic E-state index is 13.0. The first-order valence-corrected chi connectivity index (χ1v) is 8.89. The Morgan fingerprint density at radius 2 is 2.22 bits per heavy atom. The van der Waals surface area contributed by atoms with E-state index in [1.807, 2.05) is 20.4 Å². The molecule has 0 bridgehead atoms. The number of alkyl halides is 1. The van der Waals surface area contributed by atoms with E-state index in [0.29, 0.717) is 0 Å². The number of H-pyrrole nitrogens is 1. The molecule has 0 amide bonds. The third kappa shape index (κ3) is 3.39. The Morgan fingerprint density at radius 1 is 1.56 bits per heavy atom. The molecule has 0 saturated heterocycles. The number of aromatic amines is 1. The van der Waals surface area contributed by atoms with Gasteiger partial charge in [-0.2, -0.15) is 0 Å². The fourth-order valence-electron chi connectivity index (χ4n) is 1.43. The van der Waals surface area contributed by atoms with Gasteiger partial charge in [0.25, 0.3) is 5.56 Å². The molecular weight excluding hydrogens is 255 g/mol. The number of aromatic nitrogens is 2. The molecule has 1 rings (SSSR count). The van der Waals surface area contributed by atoms with E-state index in [1.54, 1.807) is 0 Å². The third-order valence-electron chi connectivity index (χ3n) is 3.45. The normalized spacial score (nSPS) is 16.2. The van der Waals surface area contributed by atoms with E-state index in [2.05, 4.69) is 4.98 Å². The third-order valence-corrected chi connectivity index (χ3v) is 7.81. The van der Waals surface area contributed by atoms with Crippen LogP contribution in [0.3, 0.4) is 0 Å². The number of hydrogen-bond donors (Lipinski definition) is 1. The summed E-state index contributed by atoms with van der Waals surface area (Å²) in [6.07, 6.45) is 1.03. The second-order valence-corrected chi connectivity index (χ2v) is 9.75. The van der Waals surface area contributed by atoms with Crippen molar-refractivity contribution in [3.63, 3.8) is 0 Å². The molecule has 0 aromatic carbocycles. The minimum atomic E-state index is -2.06. The summed E-state index contributed by atoms with van der Waals surface area (Å²) >= 11 is 0. The summed E-state index contributed by atoms with van der Waals surface area (Å²) in [5.41, 5.74) is -1.15. The van der Waals surface area contributed by atoms with Crippen LogP contribution in [0.1, 0.15) is 13.8 Å². The van der Waals surface area contributed by atoms with E-state index in [0.717, 1.165) is 6.04 Å². The molecule has 0 aliphatic carbocycles. The summed E-state index contributed by atoms with van der Waals surface area (Å²) in [5.74, 6) is 0. The van der Waals surface area contributed by atoms with Gasteiger partial charge in [0.15, 0.2) is 0 Å². The smallest absolute Gasteiger partial charge is 0.330 e. The first-order valence-electron chi connectivity index (χ1n) is 5.90. The van der Waals surface area contributed by atoms with Crippen LogP contribution in [0.2, 0.25) is 12.6 Å². The largest absolute Gasteiger partial charge is 0.361 e. The lowest BCUT2D eigenvalue weighted by Crippen LogP contribution is -2.47. The topological polar surface area (TPSA) is 64.1 Å². The molecule has 102 valence electrons. The van der Waals surface area contributed by atoms with Gasteiger partial charge in [-0.25, -0.2) is 4.79 Å². The first-order chi connectivity index (χ1) is 8.42. The fourth-order valence-corrected chi connectivity index (χ4v) is 2.89. The second kappa shape index (κ2) is 6.10. The number of hydrogen-bond acceptors (Lipinski definition) is 3. The van der Waals surface area contributed by atoms with Crippen LogP contribution in [0, 0.1) is 0 Å². The molecule has 7 heteroatoms. The average molecular weight is 274 g/mol. The van der Waals surface area contributed by atoms with Crippen molar-refractivity contribution in [2.45, 2.75) is 38.9 Å². The second-order valence-electron chi connectivity index (χ2n) is 4.66. The maximum Gasteiger partial charge on any atom is 0.330 e. The predicted molar refractivity (Wildman–Crippen MR) is 69.9 cm³/mol. The highest BCUT2D eigenvalue weighted by atomic mass is 28.3. The van der Waals surface area contributed by atoms with E-state index < -0.39 is 19.3 Å². The fraction of sp³-hybridized carbons (Fsp3) is 0.636. The zero-order valence-electron chi connectivity index (χ0n) is 10.9. The molecule has 2 unspecified atom stereocenters. The van der Waals surface area contributed by atoms with Crippen LogP contribution < -0.4 is 11.2 Å². The average Bonchev–Trinajstić information content (AvgIpc) is 2.36. The van der Waals surface area contributed by atoms with Crippen LogP contribution in [0.25, 0.3) is 0 Å². The van der Waals surface area contributed by atoms with E-state index in [-0.39, 0.29) is 18.8 Å². The Kier molecular flexibility index (Phi) is 5.03. The molecule has 5 nitrogen and oxygen atoms in total. The van der Waals surface area contributed by atoms with Crippen molar-refractivity contribution in [1.29, 1.82) is 0 Å². The number of ether oxygens (including phenoxy) is 1. The molecule has 0 saturated carbocycles. The van der Waals surface area contributed by atoms with Crippen LogP contribution >= 0.6 is 0 Å². The van der Waals surface area contributed by atoms with Gasteiger partial charge >= 0.3 is 5.69 Å². The van der Waals surface area contributed by atoms with Gasteiger partial charge in [0.2, 0.25) is 0 Å². The van der Waals surface area contributed by atoms with E-state index in [1.165, 1.54) is 16.8 Å². The van der Waals surface area contributed by atoms with Gasteiger partial charge in [-0.05, 0) is 6.92 Å². The lowest BCUT2D eigenvalue weighted by molar-refractivity contribution is 0.0517. The van der Waals surface area contributed by atoms with Crippen molar-refractivity contribution in [3.05, 3.63) is 33.1 Å². The Morgan fingerprint density at radius 3 is 2.72 bits per heavy atom. The van der Waals surface area contributed by atoms with Gasteiger partial charge in [0, 0.05) is 12.3 Å². The monoisotopic (exact) mass is 274 g/mol. The quantitative estimate of drug-likeness (QED) is 0.789. The lowest BCUT2D eigenvalue weighted by atomic mass is 10.6. The standard InChI is InChI=1S/C11H19FN2O3Si/c1-4-18(3,7-12)9(2)17-8-14-6-5-10(15)13-11(14)16/h5-6,9H,4,7-8H2,1-3H3,(H,13,15,16). The van der Waals surface area contributed by atoms with Crippen LogP contribution in [-0.2, 0) is 11.5 Å². The van der Waals surface area contributed by atoms with Crippen LogP contribution in [0.5, 0.6) is 0 Å². The first kappa shape index (κ1) is 14.8. The van der Waals surface area contributed by atoms with Gasteiger partial charge in [-0.1, -0.05) is 19.5 Å². The summed E-state index contributed by atoms with van der Waals surface area (Å²) in [5, 5.41) is 0. The van der Waals surface area contributed by atoms with Gasteiger partial charge < -0.3 is 4.74 Å². The molecule has 1 N–H and O–H groups in total. The summed E-state index contributed by atoms with van der Waals surface area (Å²) in [7, 11) is -2.06. The van der Waals surface area contributed by atoms with Gasteiger partial charge in [-0.15, -0.1) is 0 Å². The molecule has 1 aromatic rings. The van der Waals surface area contributed by atoms with Gasteiger partial charge in [0.1, 0.15) is 14.8 Å². The number of halogens is 1. The van der Waals surface area contributed by atoms with E-state index >= 15 is 0 Å². The Balaban J connectivity index is 2.71. The molecule has 0 radical (unpaired) electrons. The highest BCUT2D eigenvalue weighted by molar-refractivity contribution is 6.79. The van der Waals surface area contributed by atoms with Crippen molar-refractivity contribution < 1.29 is 9.13 Å². The SMILES string of the molecule is CC[Si](C)(CF)C(C)OCn1ccc(=O)[nH]c1=O. The molecule has 0 spiro atoms. The van der Waals surface area contributed by atoms with Crippen molar-refractivity contribution >= 4 is 8.07 Å². The zero-order valence-corrected chi connectivity index (χ0v) is 11.9.